The van der Waals surface area contributed by atoms with Crippen LogP contribution in [-0.2, 0) is 14.3 Å². The van der Waals surface area contributed by atoms with Crippen LogP contribution in [0.15, 0.2) is 18.2 Å². The zero-order valence-electron chi connectivity index (χ0n) is 19.0. The average molecular weight is 432 g/mol. The Labute approximate surface area is 183 Å². The molecule has 0 bridgehead atoms. The lowest BCUT2D eigenvalue weighted by Gasteiger charge is -2.35. The summed E-state index contributed by atoms with van der Waals surface area (Å²) in [5, 5.41) is 2.89. The fourth-order valence-electron chi connectivity index (χ4n) is 3.88. The molecule has 1 heterocycles. The fourth-order valence-corrected chi connectivity index (χ4v) is 3.88. The van der Waals surface area contributed by atoms with E-state index < -0.39 is 0 Å². The van der Waals surface area contributed by atoms with E-state index in [4.69, 9.17) is 9.47 Å². The van der Waals surface area contributed by atoms with Crippen molar-refractivity contribution in [3.63, 3.8) is 0 Å². The van der Waals surface area contributed by atoms with Gasteiger partial charge < -0.3 is 24.6 Å². The van der Waals surface area contributed by atoms with Crippen LogP contribution < -0.4 is 10.1 Å². The summed E-state index contributed by atoms with van der Waals surface area (Å²) in [6, 6.07) is 4.94. The number of nitrogens with zero attached hydrogens (tertiary/aromatic N) is 2. The minimum absolute atomic E-state index is 0.0196. The molecule has 1 aliphatic heterocycles. The number of benzene rings is 1. The predicted molar refractivity (Wildman–Crippen MR) is 117 cm³/mol. The summed E-state index contributed by atoms with van der Waals surface area (Å²) in [4.78, 5) is 41.1. The van der Waals surface area contributed by atoms with Gasteiger partial charge in [-0.25, -0.2) is 0 Å². The molecule has 0 saturated heterocycles. The van der Waals surface area contributed by atoms with Crippen LogP contribution in [0.4, 0.5) is 5.69 Å². The van der Waals surface area contributed by atoms with Crippen molar-refractivity contribution in [2.24, 2.45) is 11.8 Å². The van der Waals surface area contributed by atoms with Gasteiger partial charge in [0.05, 0.1) is 17.7 Å². The van der Waals surface area contributed by atoms with E-state index in [1.807, 2.05) is 13.8 Å². The van der Waals surface area contributed by atoms with Crippen molar-refractivity contribution < 1.29 is 23.9 Å². The third-order valence-corrected chi connectivity index (χ3v) is 6.06. The zero-order valence-corrected chi connectivity index (χ0v) is 19.0. The maximum atomic E-state index is 13.3. The van der Waals surface area contributed by atoms with Crippen molar-refractivity contribution in [3.8, 4) is 5.75 Å². The topological polar surface area (TPSA) is 88.2 Å². The second-order valence-corrected chi connectivity index (χ2v) is 8.74. The molecule has 1 N–H and O–H groups in total. The Kier molecular flexibility index (Phi) is 7.20. The number of fused-ring (bicyclic) bond motifs is 1. The van der Waals surface area contributed by atoms with Crippen molar-refractivity contribution >= 4 is 23.4 Å². The Morgan fingerprint density at radius 3 is 2.52 bits per heavy atom. The normalized spacial score (nSPS) is 25.1. The summed E-state index contributed by atoms with van der Waals surface area (Å²) in [5.74, 6) is 0.265. The lowest BCUT2D eigenvalue weighted by atomic mass is 10.0. The van der Waals surface area contributed by atoms with Gasteiger partial charge in [0.25, 0.3) is 5.91 Å². The molecule has 0 radical (unpaired) electrons. The lowest BCUT2D eigenvalue weighted by Crippen LogP contribution is -2.48. The van der Waals surface area contributed by atoms with Crippen molar-refractivity contribution in [2.45, 2.75) is 45.8 Å². The van der Waals surface area contributed by atoms with Gasteiger partial charge in [-0.1, -0.05) is 6.92 Å². The summed E-state index contributed by atoms with van der Waals surface area (Å²) >= 11 is 0. The second-order valence-electron chi connectivity index (χ2n) is 8.74. The summed E-state index contributed by atoms with van der Waals surface area (Å²) in [5.41, 5.74) is 0.948. The van der Waals surface area contributed by atoms with Crippen molar-refractivity contribution in [1.82, 2.24) is 9.80 Å². The summed E-state index contributed by atoms with van der Waals surface area (Å²) in [6.07, 6.45) is 1.58. The highest BCUT2D eigenvalue weighted by atomic mass is 16.5. The van der Waals surface area contributed by atoms with E-state index in [-0.39, 0.29) is 48.3 Å². The molecule has 2 aliphatic rings. The molecular weight excluding hydrogens is 398 g/mol. The summed E-state index contributed by atoms with van der Waals surface area (Å²) < 4.78 is 11.7. The molecule has 8 heteroatoms. The van der Waals surface area contributed by atoms with E-state index >= 15 is 0 Å². The minimum Gasteiger partial charge on any atom is -0.491 e. The molecular formula is C23H33N3O5. The van der Waals surface area contributed by atoms with Crippen molar-refractivity contribution in [2.75, 3.05) is 39.2 Å². The van der Waals surface area contributed by atoms with E-state index in [0.29, 0.717) is 30.1 Å². The molecule has 1 saturated carbocycles. The van der Waals surface area contributed by atoms with Crippen molar-refractivity contribution in [1.29, 1.82) is 0 Å². The molecule has 3 atom stereocenters. The smallest absolute Gasteiger partial charge is 0.257 e. The number of hydrogen-bond donors (Lipinski definition) is 1. The minimum atomic E-state index is -0.232. The number of carbonyl (C=O) groups is 3. The van der Waals surface area contributed by atoms with E-state index in [2.05, 4.69) is 5.32 Å². The molecule has 1 aromatic rings. The van der Waals surface area contributed by atoms with Crippen LogP contribution >= 0.6 is 0 Å². The SMILES string of the molecule is CO[C@@H]1CN(C)C(=O)c2cc(NC(=O)C3CC3)ccc2OC[C@H](C)N(C(C)=O)C[C@H]1C. The van der Waals surface area contributed by atoms with E-state index in [1.54, 1.807) is 49.1 Å². The standard InChI is InChI=1S/C23H33N3O5/c1-14-11-26(16(3)27)15(2)13-31-20-9-8-18(24-22(28)17-6-7-17)10-19(20)23(29)25(4)12-21(14)30-5/h8-10,14-15,17,21H,6-7,11-13H2,1-5H3,(H,24,28)/t14-,15+,21-/m1/s1. The average Bonchev–Trinajstić information content (AvgIpc) is 3.58. The third kappa shape index (κ3) is 5.55. The van der Waals surface area contributed by atoms with Gasteiger partial charge in [0.2, 0.25) is 11.8 Å². The van der Waals surface area contributed by atoms with Gasteiger partial charge in [0, 0.05) is 51.7 Å². The number of carbonyl (C=O) groups excluding carboxylic acids is 3. The van der Waals surface area contributed by atoms with Gasteiger partial charge in [-0.2, -0.15) is 0 Å². The van der Waals surface area contributed by atoms with Crippen LogP contribution in [0, 0.1) is 11.8 Å². The Hall–Kier alpha value is -2.61. The Balaban J connectivity index is 1.93. The number of amides is 3. The van der Waals surface area contributed by atoms with E-state index in [0.717, 1.165) is 12.8 Å². The van der Waals surface area contributed by atoms with Gasteiger partial charge in [0.1, 0.15) is 12.4 Å². The number of anilines is 1. The number of hydrogen-bond acceptors (Lipinski definition) is 5. The van der Waals surface area contributed by atoms with Crippen LogP contribution in [0.25, 0.3) is 0 Å². The van der Waals surface area contributed by atoms with Gasteiger partial charge in [-0.05, 0) is 38.0 Å². The maximum absolute atomic E-state index is 13.3. The molecule has 0 spiro atoms. The largest absolute Gasteiger partial charge is 0.491 e. The number of nitrogens with one attached hydrogen (secondary N) is 1. The molecule has 1 aliphatic carbocycles. The highest BCUT2D eigenvalue weighted by Crippen LogP contribution is 2.31. The molecule has 3 amide bonds. The predicted octanol–water partition coefficient (Wildman–Crippen LogP) is 2.39. The van der Waals surface area contributed by atoms with Crippen molar-refractivity contribution in [3.05, 3.63) is 23.8 Å². The molecule has 1 aromatic carbocycles. The first kappa shape index (κ1) is 23.1. The molecule has 170 valence electrons. The van der Waals surface area contributed by atoms with Crippen LogP contribution in [0.1, 0.15) is 44.0 Å². The number of rotatable bonds is 3. The van der Waals surface area contributed by atoms with Crippen LogP contribution in [0.2, 0.25) is 0 Å². The van der Waals surface area contributed by atoms with Gasteiger partial charge in [0.15, 0.2) is 0 Å². The van der Waals surface area contributed by atoms with E-state index in [1.165, 1.54) is 0 Å². The molecule has 1 fully saturated rings. The van der Waals surface area contributed by atoms with E-state index in [9.17, 15) is 14.4 Å². The van der Waals surface area contributed by atoms with Gasteiger partial charge >= 0.3 is 0 Å². The van der Waals surface area contributed by atoms with Gasteiger partial charge in [-0.15, -0.1) is 0 Å². The van der Waals surface area contributed by atoms with Crippen LogP contribution in [0.5, 0.6) is 5.75 Å². The number of ether oxygens (including phenoxy) is 2. The second kappa shape index (κ2) is 9.68. The first-order valence-electron chi connectivity index (χ1n) is 10.8. The number of likely N-dealkylation sites (N-methyl/N-ethyl adjacent to an activating group) is 1. The third-order valence-electron chi connectivity index (χ3n) is 6.06. The molecule has 31 heavy (non-hydrogen) atoms. The quantitative estimate of drug-likeness (QED) is 0.794. The zero-order chi connectivity index (χ0) is 22.7. The monoisotopic (exact) mass is 431 g/mol. The Morgan fingerprint density at radius 1 is 1.19 bits per heavy atom. The van der Waals surface area contributed by atoms with Crippen LogP contribution in [0.3, 0.4) is 0 Å². The molecule has 0 unspecified atom stereocenters. The molecule has 3 rings (SSSR count). The first-order valence-corrected chi connectivity index (χ1v) is 10.8. The lowest BCUT2D eigenvalue weighted by molar-refractivity contribution is -0.133. The summed E-state index contributed by atoms with van der Waals surface area (Å²) in [6.45, 7) is 6.63. The maximum Gasteiger partial charge on any atom is 0.257 e. The summed E-state index contributed by atoms with van der Waals surface area (Å²) in [7, 11) is 3.34. The highest BCUT2D eigenvalue weighted by molar-refractivity contribution is 6.00. The molecule has 8 nitrogen and oxygen atoms in total. The van der Waals surface area contributed by atoms with Gasteiger partial charge in [-0.3, -0.25) is 14.4 Å². The highest BCUT2D eigenvalue weighted by Gasteiger charge is 2.31. The fraction of sp³-hybridized carbons (Fsp3) is 0.609. The Bertz CT molecular complexity index is 839. The Morgan fingerprint density at radius 2 is 1.90 bits per heavy atom. The van der Waals surface area contributed by atoms with Crippen LogP contribution in [-0.4, -0.2) is 73.5 Å². The first-order chi connectivity index (χ1) is 14.7. The molecule has 0 aromatic heterocycles. The number of methoxy groups -OCH3 is 1.